The molecule has 0 aliphatic heterocycles. The molecule has 0 unspecified atom stereocenters. The third kappa shape index (κ3) is 2.98. The monoisotopic (exact) mass is 261 g/mol. The van der Waals surface area contributed by atoms with Crippen molar-refractivity contribution in [2.75, 3.05) is 6.54 Å². The van der Waals surface area contributed by atoms with E-state index < -0.39 is 5.41 Å². The van der Waals surface area contributed by atoms with Crippen molar-refractivity contribution in [1.82, 2.24) is 0 Å². The molecular formula is C16H23NO2. The third-order valence-corrected chi connectivity index (χ3v) is 4.15. The van der Waals surface area contributed by atoms with Gasteiger partial charge in [-0.25, -0.2) is 0 Å². The smallest absolute Gasteiger partial charge is 0.170 e. The van der Waals surface area contributed by atoms with E-state index in [-0.39, 0.29) is 5.78 Å². The number of carbonyl (C=O) groups excluding carboxylic acids is 1. The maximum Gasteiger partial charge on any atom is 0.170 e. The summed E-state index contributed by atoms with van der Waals surface area (Å²) >= 11 is 0. The van der Waals surface area contributed by atoms with Gasteiger partial charge >= 0.3 is 0 Å². The van der Waals surface area contributed by atoms with Gasteiger partial charge in [0.15, 0.2) is 5.78 Å². The molecule has 0 heterocycles. The largest absolute Gasteiger partial charge is 0.490 e. The van der Waals surface area contributed by atoms with Gasteiger partial charge in [0, 0.05) is 17.5 Å². The first-order valence-corrected chi connectivity index (χ1v) is 7.16. The predicted octanol–water partition coefficient (Wildman–Crippen LogP) is 3.18. The molecule has 0 bridgehead atoms. The Hall–Kier alpha value is -1.35. The summed E-state index contributed by atoms with van der Waals surface area (Å²) in [6.45, 7) is 4.45. The summed E-state index contributed by atoms with van der Waals surface area (Å²) in [5, 5.41) is 0. The SMILES string of the molecule is CCC(CC)(CN)C(=O)c1cccc(OC2CC2)c1. The lowest BCUT2D eigenvalue weighted by molar-refractivity contribution is 0.0787. The highest BCUT2D eigenvalue weighted by Gasteiger charge is 2.34. The van der Waals surface area contributed by atoms with E-state index in [0.717, 1.165) is 31.4 Å². The molecule has 1 saturated carbocycles. The minimum Gasteiger partial charge on any atom is -0.490 e. The fraction of sp³-hybridized carbons (Fsp3) is 0.562. The fourth-order valence-corrected chi connectivity index (χ4v) is 2.35. The second kappa shape index (κ2) is 5.74. The van der Waals surface area contributed by atoms with Gasteiger partial charge in [0.05, 0.1) is 6.10 Å². The number of nitrogens with two attached hydrogens (primary N) is 1. The molecule has 1 fully saturated rings. The Morgan fingerprint density at radius 3 is 2.58 bits per heavy atom. The minimum atomic E-state index is -0.432. The molecule has 0 amide bonds. The van der Waals surface area contributed by atoms with Gasteiger partial charge in [0.2, 0.25) is 0 Å². The number of carbonyl (C=O) groups is 1. The molecule has 1 aliphatic carbocycles. The summed E-state index contributed by atoms with van der Waals surface area (Å²) in [4.78, 5) is 12.7. The number of benzene rings is 1. The summed E-state index contributed by atoms with van der Waals surface area (Å²) in [5.74, 6) is 0.938. The minimum absolute atomic E-state index is 0.140. The van der Waals surface area contributed by atoms with Crippen LogP contribution in [0.25, 0.3) is 0 Å². The number of hydrogen-bond acceptors (Lipinski definition) is 3. The zero-order valence-corrected chi connectivity index (χ0v) is 11.8. The van der Waals surface area contributed by atoms with Crippen molar-refractivity contribution in [2.24, 2.45) is 11.1 Å². The molecule has 0 aromatic heterocycles. The van der Waals surface area contributed by atoms with Crippen LogP contribution >= 0.6 is 0 Å². The van der Waals surface area contributed by atoms with Crippen LogP contribution in [0, 0.1) is 5.41 Å². The van der Waals surface area contributed by atoms with Crippen LogP contribution in [0.3, 0.4) is 0 Å². The van der Waals surface area contributed by atoms with E-state index in [2.05, 4.69) is 0 Å². The highest BCUT2D eigenvalue weighted by molar-refractivity contribution is 6.01. The highest BCUT2D eigenvalue weighted by Crippen LogP contribution is 2.32. The van der Waals surface area contributed by atoms with Crippen LogP contribution < -0.4 is 10.5 Å². The van der Waals surface area contributed by atoms with Crippen molar-refractivity contribution in [3.05, 3.63) is 29.8 Å². The summed E-state index contributed by atoms with van der Waals surface area (Å²) in [6, 6.07) is 7.52. The maximum absolute atomic E-state index is 12.7. The molecule has 0 saturated heterocycles. The van der Waals surface area contributed by atoms with Crippen molar-refractivity contribution in [2.45, 2.75) is 45.6 Å². The molecule has 3 nitrogen and oxygen atoms in total. The maximum atomic E-state index is 12.7. The molecular weight excluding hydrogens is 238 g/mol. The van der Waals surface area contributed by atoms with E-state index in [1.165, 1.54) is 0 Å². The predicted molar refractivity (Wildman–Crippen MR) is 76.5 cm³/mol. The Kier molecular flexibility index (Phi) is 4.25. The molecule has 0 atom stereocenters. The average Bonchev–Trinajstić information content (AvgIpc) is 3.25. The van der Waals surface area contributed by atoms with Gasteiger partial charge in [-0.3, -0.25) is 4.79 Å². The van der Waals surface area contributed by atoms with Gasteiger partial charge in [0.25, 0.3) is 0 Å². The normalized spacial score (nSPS) is 15.3. The molecule has 0 spiro atoms. The zero-order valence-electron chi connectivity index (χ0n) is 11.8. The van der Waals surface area contributed by atoms with Crippen LogP contribution in [0.4, 0.5) is 0 Å². The van der Waals surface area contributed by atoms with E-state index >= 15 is 0 Å². The summed E-state index contributed by atoms with van der Waals surface area (Å²) in [6.07, 6.45) is 4.13. The van der Waals surface area contributed by atoms with E-state index in [9.17, 15) is 4.79 Å². The molecule has 19 heavy (non-hydrogen) atoms. The Bertz CT molecular complexity index is 440. The highest BCUT2D eigenvalue weighted by atomic mass is 16.5. The number of rotatable bonds is 7. The zero-order chi connectivity index (χ0) is 13.9. The van der Waals surface area contributed by atoms with Crippen molar-refractivity contribution >= 4 is 5.78 Å². The standard InChI is InChI=1S/C16H23NO2/c1-3-16(4-2,11-17)15(18)12-6-5-7-14(10-12)19-13-8-9-13/h5-7,10,13H,3-4,8-9,11,17H2,1-2H3. The molecule has 104 valence electrons. The Labute approximate surface area is 115 Å². The van der Waals surface area contributed by atoms with Gasteiger partial charge in [-0.05, 0) is 37.8 Å². The quantitative estimate of drug-likeness (QED) is 0.767. The van der Waals surface area contributed by atoms with Crippen molar-refractivity contribution < 1.29 is 9.53 Å². The molecule has 1 aromatic rings. The molecule has 2 N–H and O–H groups in total. The molecule has 1 aromatic carbocycles. The average molecular weight is 261 g/mol. The van der Waals surface area contributed by atoms with Crippen LogP contribution in [-0.4, -0.2) is 18.4 Å². The Balaban J connectivity index is 2.21. The van der Waals surface area contributed by atoms with E-state index in [0.29, 0.717) is 18.2 Å². The molecule has 0 radical (unpaired) electrons. The lowest BCUT2D eigenvalue weighted by Crippen LogP contribution is -2.37. The van der Waals surface area contributed by atoms with Gasteiger partial charge in [-0.15, -0.1) is 0 Å². The number of Topliss-reactive ketones (excluding diaryl/α,β-unsaturated/α-hetero) is 1. The summed E-state index contributed by atoms with van der Waals surface area (Å²) < 4.78 is 5.75. The number of hydrogen-bond donors (Lipinski definition) is 1. The van der Waals surface area contributed by atoms with Gasteiger partial charge in [-0.2, -0.15) is 0 Å². The lowest BCUT2D eigenvalue weighted by Gasteiger charge is -2.28. The summed E-state index contributed by atoms with van der Waals surface area (Å²) in [7, 11) is 0. The van der Waals surface area contributed by atoms with Crippen LogP contribution in [0.15, 0.2) is 24.3 Å². The first-order valence-electron chi connectivity index (χ1n) is 7.16. The second-order valence-electron chi connectivity index (χ2n) is 5.37. The Morgan fingerprint density at radius 1 is 1.37 bits per heavy atom. The van der Waals surface area contributed by atoms with Crippen molar-refractivity contribution in [1.29, 1.82) is 0 Å². The lowest BCUT2D eigenvalue weighted by atomic mass is 9.76. The molecule has 3 heteroatoms. The topological polar surface area (TPSA) is 52.3 Å². The fourth-order valence-electron chi connectivity index (χ4n) is 2.35. The van der Waals surface area contributed by atoms with Gasteiger partial charge in [-0.1, -0.05) is 26.0 Å². The number of ketones is 1. The third-order valence-electron chi connectivity index (χ3n) is 4.15. The van der Waals surface area contributed by atoms with E-state index in [4.69, 9.17) is 10.5 Å². The van der Waals surface area contributed by atoms with E-state index in [1.54, 1.807) is 0 Å². The van der Waals surface area contributed by atoms with Crippen molar-refractivity contribution in [3.63, 3.8) is 0 Å². The van der Waals surface area contributed by atoms with Crippen molar-refractivity contribution in [3.8, 4) is 5.75 Å². The number of ether oxygens (including phenoxy) is 1. The second-order valence-corrected chi connectivity index (χ2v) is 5.37. The van der Waals surface area contributed by atoms with Gasteiger partial charge < -0.3 is 10.5 Å². The van der Waals surface area contributed by atoms with Crippen LogP contribution in [0.1, 0.15) is 49.9 Å². The summed E-state index contributed by atoms with van der Waals surface area (Å²) in [5.41, 5.74) is 6.13. The van der Waals surface area contributed by atoms with Gasteiger partial charge in [0.1, 0.15) is 5.75 Å². The van der Waals surface area contributed by atoms with Crippen LogP contribution in [0.5, 0.6) is 5.75 Å². The first-order chi connectivity index (χ1) is 9.15. The van der Waals surface area contributed by atoms with Crippen LogP contribution in [-0.2, 0) is 0 Å². The van der Waals surface area contributed by atoms with E-state index in [1.807, 2.05) is 38.1 Å². The van der Waals surface area contributed by atoms with Crippen LogP contribution in [0.2, 0.25) is 0 Å². The molecule has 1 aliphatic rings. The molecule has 2 rings (SSSR count). The Morgan fingerprint density at radius 2 is 2.05 bits per heavy atom. The first kappa shape index (κ1) is 14.1.